The molecule has 1 heterocycles. The number of hydrogen-bond donors (Lipinski definition) is 0. The van der Waals surface area contributed by atoms with Crippen molar-refractivity contribution in [3.05, 3.63) is 15.9 Å². The molecule has 0 saturated carbocycles. The summed E-state index contributed by atoms with van der Waals surface area (Å²) in [6.07, 6.45) is 0. The first-order valence-corrected chi connectivity index (χ1v) is 6.43. The van der Waals surface area contributed by atoms with Crippen LogP contribution in [0, 0.1) is 0 Å². The molecular weight excluding hydrogens is 344 g/mol. The van der Waals surface area contributed by atoms with Gasteiger partial charge in [0.2, 0.25) is 0 Å². The van der Waals surface area contributed by atoms with Gasteiger partial charge in [0, 0.05) is 7.05 Å². The van der Waals surface area contributed by atoms with Crippen LogP contribution in [0.15, 0.2) is 4.47 Å². The Hall–Kier alpha value is -0.690. The number of alkyl halides is 1. The number of esters is 1. The summed E-state index contributed by atoms with van der Waals surface area (Å²) in [6.45, 7) is 1.99. The summed E-state index contributed by atoms with van der Waals surface area (Å²) in [5.74, 6) is -0.698. The van der Waals surface area contributed by atoms with Crippen LogP contribution in [0.5, 0.6) is 0 Å². The lowest BCUT2D eigenvalue weighted by Gasteiger charge is -2.01. The van der Waals surface area contributed by atoms with Gasteiger partial charge < -0.3 is 4.74 Å². The molecule has 0 aliphatic carbocycles. The maximum Gasteiger partial charge on any atom is 0.357 e. The van der Waals surface area contributed by atoms with Gasteiger partial charge in [0.1, 0.15) is 5.69 Å². The Kier molecular flexibility index (Phi) is 4.67. The van der Waals surface area contributed by atoms with Crippen LogP contribution >= 0.6 is 31.9 Å². The summed E-state index contributed by atoms with van der Waals surface area (Å²) in [6, 6.07) is 0. The summed E-state index contributed by atoms with van der Waals surface area (Å²) in [7, 11) is 1.59. The number of nitrogens with zero attached hydrogens (tertiary/aromatic N) is 2. The fourth-order valence-electron chi connectivity index (χ4n) is 1.16. The predicted molar refractivity (Wildman–Crippen MR) is 65.0 cm³/mol. The lowest BCUT2D eigenvalue weighted by molar-refractivity contribution is 0.0512. The van der Waals surface area contributed by atoms with Gasteiger partial charge in [-0.3, -0.25) is 9.48 Å². The van der Waals surface area contributed by atoms with Gasteiger partial charge in [-0.05, 0) is 22.9 Å². The molecule has 0 N–H and O–H groups in total. The van der Waals surface area contributed by atoms with Crippen molar-refractivity contribution in [2.24, 2.45) is 7.05 Å². The average molecular weight is 354 g/mol. The summed E-state index contributed by atoms with van der Waals surface area (Å²) in [5, 5.41) is 4.13. The van der Waals surface area contributed by atoms with Crippen LogP contribution in [0.3, 0.4) is 0 Å². The minimum absolute atomic E-state index is 0.158. The normalized spacial score (nSPS) is 10.2. The molecule has 0 spiro atoms. The molecule has 0 fully saturated rings. The molecule has 0 radical (unpaired) electrons. The second-order valence-electron chi connectivity index (χ2n) is 2.91. The largest absolute Gasteiger partial charge is 0.461 e. The molecule has 0 aliphatic rings. The third-order valence-electron chi connectivity index (χ3n) is 1.84. The van der Waals surface area contributed by atoms with E-state index in [0.29, 0.717) is 4.47 Å². The van der Waals surface area contributed by atoms with Crippen molar-refractivity contribution in [1.82, 2.24) is 9.78 Å². The zero-order chi connectivity index (χ0) is 12.3. The lowest BCUT2D eigenvalue weighted by atomic mass is 10.3. The van der Waals surface area contributed by atoms with Crippen molar-refractivity contribution >= 4 is 43.6 Å². The van der Waals surface area contributed by atoms with Crippen LogP contribution in [0.25, 0.3) is 0 Å². The molecule has 1 aromatic rings. The summed E-state index contributed by atoms with van der Waals surface area (Å²) in [4.78, 5) is 23.0. The highest BCUT2D eigenvalue weighted by molar-refractivity contribution is 9.10. The van der Waals surface area contributed by atoms with Gasteiger partial charge in [-0.25, -0.2) is 4.79 Å². The number of ether oxygens (including phenoxy) is 1. The number of Topliss-reactive ketones (excluding diaryl/α,β-unsaturated/α-hetero) is 1. The molecule has 0 aromatic carbocycles. The van der Waals surface area contributed by atoms with E-state index in [2.05, 4.69) is 37.0 Å². The zero-order valence-electron chi connectivity index (χ0n) is 8.79. The van der Waals surface area contributed by atoms with Crippen LogP contribution in [-0.2, 0) is 11.8 Å². The highest BCUT2D eigenvalue weighted by atomic mass is 79.9. The van der Waals surface area contributed by atoms with Gasteiger partial charge in [0.05, 0.1) is 16.4 Å². The van der Waals surface area contributed by atoms with Crippen molar-refractivity contribution < 1.29 is 14.3 Å². The highest BCUT2D eigenvalue weighted by Gasteiger charge is 2.24. The second kappa shape index (κ2) is 5.58. The fourth-order valence-corrected chi connectivity index (χ4v) is 2.15. The molecular formula is C9H10Br2N2O3. The summed E-state index contributed by atoms with van der Waals surface area (Å²) >= 11 is 6.24. The summed E-state index contributed by atoms with van der Waals surface area (Å²) < 4.78 is 6.57. The molecule has 1 aromatic heterocycles. The number of ketones is 1. The first-order chi connectivity index (χ1) is 7.52. The van der Waals surface area contributed by atoms with Crippen molar-refractivity contribution in [3.8, 4) is 0 Å². The molecule has 1 rings (SSSR count). The van der Waals surface area contributed by atoms with Gasteiger partial charge in [0.25, 0.3) is 0 Å². The first-order valence-electron chi connectivity index (χ1n) is 4.51. The molecule has 0 bridgehead atoms. The Morgan fingerprint density at radius 1 is 1.50 bits per heavy atom. The fraction of sp³-hybridized carbons (Fsp3) is 0.444. The van der Waals surface area contributed by atoms with Crippen LogP contribution in [0.4, 0.5) is 0 Å². The monoisotopic (exact) mass is 352 g/mol. The number of hydrogen-bond acceptors (Lipinski definition) is 4. The van der Waals surface area contributed by atoms with Crippen LogP contribution in [0.1, 0.15) is 27.9 Å². The lowest BCUT2D eigenvalue weighted by Crippen LogP contribution is -2.10. The van der Waals surface area contributed by atoms with E-state index in [9.17, 15) is 9.59 Å². The molecule has 0 saturated heterocycles. The SMILES string of the molecule is CCOC(=O)c1c(Br)c(C(=O)CBr)nn1C. The van der Waals surface area contributed by atoms with E-state index in [-0.39, 0.29) is 29.1 Å². The Balaban J connectivity index is 3.17. The molecule has 7 heteroatoms. The van der Waals surface area contributed by atoms with Gasteiger partial charge in [-0.1, -0.05) is 15.9 Å². The van der Waals surface area contributed by atoms with E-state index in [1.54, 1.807) is 14.0 Å². The molecule has 0 amide bonds. The minimum Gasteiger partial charge on any atom is -0.461 e. The van der Waals surface area contributed by atoms with Gasteiger partial charge in [-0.2, -0.15) is 5.10 Å². The molecule has 16 heavy (non-hydrogen) atoms. The second-order valence-corrected chi connectivity index (χ2v) is 4.27. The maximum absolute atomic E-state index is 11.6. The van der Waals surface area contributed by atoms with E-state index in [1.165, 1.54) is 4.68 Å². The molecule has 0 aliphatic heterocycles. The number of aromatic nitrogens is 2. The zero-order valence-corrected chi connectivity index (χ0v) is 12.0. The van der Waals surface area contributed by atoms with E-state index in [0.717, 1.165) is 0 Å². The topological polar surface area (TPSA) is 61.2 Å². The molecule has 0 unspecified atom stereocenters. The van der Waals surface area contributed by atoms with E-state index < -0.39 is 5.97 Å². The first kappa shape index (κ1) is 13.4. The quantitative estimate of drug-likeness (QED) is 0.471. The number of rotatable bonds is 4. The Morgan fingerprint density at radius 2 is 2.12 bits per heavy atom. The highest BCUT2D eigenvalue weighted by Crippen LogP contribution is 2.22. The predicted octanol–water partition coefficient (Wildman–Crippen LogP) is 1.94. The third-order valence-corrected chi connectivity index (χ3v) is 3.10. The van der Waals surface area contributed by atoms with E-state index in [1.807, 2.05) is 0 Å². The van der Waals surface area contributed by atoms with E-state index in [4.69, 9.17) is 4.74 Å². The standard InChI is InChI=1S/C9H10Br2N2O3/c1-3-16-9(15)8-6(11)7(5(14)4-10)12-13(8)2/h3-4H2,1-2H3. The van der Waals surface area contributed by atoms with Gasteiger partial charge >= 0.3 is 5.97 Å². The number of halogens is 2. The average Bonchev–Trinajstić information content (AvgIpc) is 2.53. The number of carbonyl (C=O) groups excluding carboxylic acids is 2. The Bertz CT molecular complexity index is 429. The van der Waals surface area contributed by atoms with Gasteiger partial charge in [0.15, 0.2) is 11.5 Å². The van der Waals surface area contributed by atoms with Crippen LogP contribution in [0.2, 0.25) is 0 Å². The molecule has 88 valence electrons. The number of carbonyl (C=O) groups is 2. The van der Waals surface area contributed by atoms with Crippen LogP contribution in [-0.4, -0.2) is 33.5 Å². The van der Waals surface area contributed by atoms with Gasteiger partial charge in [-0.15, -0.1) is 0 Å². The number of aryl methyl sites for hydroxylation is 1. The maximum atomic E-state index is 11.6. The smallest absolute Gasteiger partial charge is 0.357 e. The van der Waals surface area contributed by atoms with Crippen molar-refractivity contribution in [2.45, 2.75) is 6.92 Å². The van der Waals surface area contributed by atoms with Crippen molar-refractivity contribution in [2.75, 3.05) is 11.9 Å². The third kappa shape index (κ3) is 2.52. The molecule has 5 nitrogen and oxygen atoms in total. The van der Waals surface area contributed by atoms with Crippen LogP contribution < -0.4 is 0 Å². The van der Waals surface area contributed by atoms with E-state index >= 15 is 0 Å². The van der Waals surface area contributed by atoms with Crippen molar-refractivity contribution in [1.29, 1.82) is 0 Å². The molecule has 0 atom stereocenters. The van der Waals surface area contributed by atoms with Crippen molar-refractivity contribution in [3.63, 3.8) is 0 Å². The Morgan fingerprint density at radius 3 is 2.62 bits per heavy atom. The Labute approximate surface area is 109 Å². The summed E-state index contributed by atoms with van der Waals surface area (Å²) in [5.41, 5.74) is 0.466. The minimum atomic E-state index is -0.502.